The van der Waals surface area contributed by atoms with Crippen LogP contribution < -0.4 is 15.5 Å². The number of anilines is 2. The van der Waals surface area contributed by atoms with Crippen LogP contribution >= 0.6 is 0 Å². The molecule has 0 spiro atoms. The molecule has 0 radical (unpaired) electrons. The van der Waals surface area contributed by atoms with Crippen molar-refractivity contribution in [1.29, 1.82) is 0 Å². The highest BCUT2D eigenvalue weighted by molar-refractivity contribution is 6.01. The lowest BCUT2D eigenvalue weighted by atomic mass is 10.1. The molecular weight excluding hydrogens is 372 g/mol. The smallest absolute Gasteiger partial charge is 0.337 e. The van der Waals surface area contributed by atoms with Gasteiger partial charge in [0.2, 0.25) is 11.8 Å². The third-order valence-electron chi connectivity index (χ3n) is 4.83. The molecular formula is C21H32N4O4. The summed E-state index contributed by atoms with van der Waals surface area (Å²) in [6.07, 6.45) is 0. The number of piperazine rings is 1. The molecule has 1 aliphatic rings. The lowest BCUT2D eigenvalue weighted by molar-refractivity contribution is -0.122. The van der Waals surface area contributed by atoms with Crippen LogP contribution in [0.4, 0.5) is 11.4 Å². The molecule has 0 saturated carbocycles. The number of aromatic carboxylic acids is 1. The molecule has 3 N–H and O–H groups in total. The number of carbonyl (C=O) groups is 3. The Labute approximate surface area is 172 Å². The Morgan fingerprint density at radius 3 is 2.28 bits per heavy atom. The summed E-state index contributed by atoms with van der Waals surface area (Å²) in [6.45, 7) is 11.5. The van der Waals surface area contributed by atoms with Crippen LogP contribution in [0.1, 0.15) is 38.1 Å². The van der Waals surface area contributed by atoms with E-state index in [9.17, 15) is 19.5 Å². The van der Waals surface area contributed by atoms with Crippen molar-refractivity contribution in [2.75, 3.05) is 49.5 Å². The summed E-state index contributed by atoms with van der Waals surface area (Å²) in [5.74, 6) is -1.07. The number of amides is 2. The van der Waals surface area contributed by atoms with E-state index in [-0.39, 0.29) is 23.3 Å². The Bertz CT molecular complexity index is 740. The predicted molar refractivity (Wildman–Crippen MR) is 113 cm³/mol. The predicted octanol–water partition coefficient (Wildman–Crippen LogP) is 1.87. The summed E-state index contributed by atoms with van der Waals surface area (Å²) in [5, 5.41) is 15.2. The number of nitrogens with one attached hydrogen (secondary N) is 2. The van der Waals surface area contributed by atoms with Gasteiger partial charge in [-0.2, -0.15) is 0 Å². The van der Waals surface area contributed by atoms with Crippen LogP contribution in [0.15, 0.2) is 18.2 Å². The molecule has 8 nitrogen and oxygen atoms in total. The van der Waals surface area contributed by atoms with Gasteiger partial charge in [-0.25, -0.2) is 4.79 Å². The van der Waals surface area contributed by atoms with Gasteiger partial charge in [0, 0.05) is 44.3 Å². The third-order valence-corrected chi connectivity index (χ3v) is 4.83. The minimum Gasteiger partial charge on any atom is -0.478 e. The molecule has 8 heteroatoms. The van der Waals surface area contributed by atoms with Crippen LogP contribution in [0.3, 0.4) is 0 Å². The van der Waals surface area contributed by atoms with Crippen molar-refractivity contribution < 1.29 is 19.5 Å². The number of nitrogens with zero attached hydrogens (tertiary/aromatic N) is 2. The Kier molecular flexibility index (Phi) is 8.01. The Morgan fingerprint density at radius 2 is 1.72 bits per heavy atom. The number of carboxylic acid groups (broad SMARTS) is 1. The Morgan fingerprint density at radius 1 is 1.07 bits per heavy atom. The zero-order chi connectivity index (χ0) is 21.6. The van der Waals surface area contributed by atoms with E-state index in [1.165, 1.54) is 0 Å². The van der Waals surface area contributed by atoms with Gasteiger partial charge >= 0.3 is 5.97 Å². The Balaban J connectivity index is 1.98. The van der Waals surface area contributed by atoms with Gasteiger partial charge in [0.25, 0.3) is 0 Å². The van der Waals surface area contributed by atoms with Gasteiger partial charge in [0.05, 0.1) is 17.8 Å². The molecule has 2 rings (SSSR count). The number of carboxylic acids is 1. The van der Waals surface area contributed by atoms with E-state index in [1.807, 2.05) is 6.07 Å². The van der Waals surface area contributed by atoms with Gasteiger partial charge in [-0.1, -0.05) is 27.7 Å². The number of carbonyl (C=O) groups excluding carboxylic acids is 2. The molecule has 1 saturated heterocycles. The molecule has 1 heterocycles. The quantitative estimate of drug-likeness (QED) is 0.611. The molecule has 160 valence electrons. The standard InChI is InChI=1S/C21H32N4O4/c1-14(2)12-22-19(26)13-24-7-9-25(10-8-24)16-5-6-18(17(11-16)21(28)29)23-20(27)15(3)4/h5-6,11,14-15H,7-10,12-13H2,1-4H3,(H,22,26)(H,23,27)(H,28,29). The van der Waals surface area contributed by atoms with Gasteiger partial charge in [-0.05, 0) is 24.1 Å². The van der Waals surface area contributed by atoms with Crippen molar-refractivity contribution in [3.8, 4) is 0 Å². The molecule has 1 fully saturated rings. The van der Waals surface area contributed by atoms with Crippen molar-refractivity contribution in [3.63, 3.8) is 0 Å². The fraction of sp³-hybridized carbons (Fsp3) is 0.571. The maximum atomic E-state index is 12.0. The number of hydrogen-bond donors (Lipinski definition) is 3. The average Bonchev–Trinajstić information content (AvgIpc) is 2.67. The molecule has 1 aliphatic heterocycles. The lowest BCUT2D eigenvalue weighted by Gasteiger charge is -2.36. The highest BCUT2D eigenvalue weighted by Gasteiger charge is 2.21. The van der Waals surface area contributed by atoms with Gasteiger partial charge in [-0.15, -0.1) is 0 Å². The van der Waals surface area contributed by atoms with Crippen LogP contribution in [0.2, 0.25) is 0 Å². The summed E-state index contributed by atoms with van der Waals surface area (Å²) < 4.78 is 0. The molecule has 0 aromatic heterocycles. The van der Waals surface area contributed by atoms with E-state index in [0.717, 1.165) is 18.8 Å². The molecule has 0 aliphatic carbocycles. The zero-order valence-electron chi connectivity index (χ0n) is 17.7. The van der Waals surface area contributed by atoms with Gasteiger partial charge < -0.3 is 20.6 Å². The topological polar surface area (TPSA) is 102 Å². The van der Waals surface area contributed by atoms with Crippen molar-refractivity contribution in [3.05, 3.63) is 23.8 Å². The normalized spacial score (nSPS) is 14.9. The van der Waals surface area contributed by atoms with Crippen LogP contribution in [0, 0.1) is 11.8 Å². The number of benzene rings is 1. The summed E-state index contributed by atoms with van der Waals surface area (Å²) in [4.78, 5) is 39.8. The first-order chi connectivity index (χ1) is 13.7. The first-order valence-electron chi connectivity index (χ1n) is 10.1. The number of rotatable bonds is 8. The van der Waals surface area contributed by atoms with Gasteiger partial charge in [-0.3, -0.25) is 14.5 Å². The van der Waals surface area contributed by atoms with Crippen molar-refractivity contribution in [2.24, 2.45) is 11.8 Å². The van der Waals surface area contributed by atoms with E-state index in [2.05, 4.69) is 34.3 Å². The van der Waals surface area contributed by atoms with Crippen LogP contribution in [0.5, 0.6) is 0 Å². The second-order valence-corrected chi connectivity index (χ2v) is 8.14. The minimum absolute atomic E-state index is 0.0329. The Hall–Kier alpha value is -2.61. The molecule has 0 atom stereocenters. The van der Waals surface area contributed by atoms with E-state index in [1.54, 1.807) is 26.0 Å². The molecule has 2 amide bonds. The minimum atomic E-state index is -1.08. The van der Waals surface area contributed by atoms with Gasteiger partial charge in [0.1, 0.15) is 0 Å². The highest BCUT2D eigenvalue weighted by Crippen LogP contribution is 2.25. The lowest BCUT2D eigenvalue weighted by Crippen LogP contribution is -2.49. The van der Waals surface area contributed by atoms with Crippen LogP contribution in [0.25, 0.3) is 0 Å². The van der Waals surface area contributed by atoms with E-state index in [4.69, 9.17) is 0 Å². The molecule has 0 unspecified atom stereocenters. The SMILES string of the molecule is CC(C)CNC(=O)CN1CCN(c2ccc(NC(=O)C(C)C)c(C(=O)O)c2)CC1. The first-order valence-corrected chi connectivity index (χ1v) is 10.1. The van der Waals surface area contributed by atoms with Crippen molar-refractivity contribution in [1.82, 2.24) is 10.2 Å². The van der Waals surface area contributed by atoms with Crippen molar-refractivity contribution >= 4 is 29.2 Å². The second-order valence-electron chi connectivity index (χ2n) is 8.14. The second kappa shape index (κ2) is 10.2. The number of hydrogen-bond acceptors (Lipinski definition) is 5. The molecule has 1 aromatic rings. The van der Waals surface area contributed by atoms with Crippen LogP contribution in [-0.4, -0.2) is 67.1 Å². The fourth-order valence-corrected chi connectivity index (χ4v) is 3.03. The molecule has 1 aromatic carbocycles. The highest BCUT2D eigenvalue weighted by atomic mass is 16.4. The monoisotopic (exact) mass is 404 g/mol. The van der Waals surface area contributed by atoms with E-state index >= 15 is 0 Å². The maximum Gasteiger partial charge on any atom is 0.337 e. The molecule has 29 heavy (non-hydrogen) atoms. The first kappa shape index (κ1) is 22.7. The summed E-state index contributed by atoms with van der Waals surface area (Å²) in [7, 11) is 0. The molecule has 0 bridgehead atoms. The summed E-state index contributed by atoms with van der Waals surface area (Å²) in [6, 6.07) is 5.07. The summed E-state index contributed by atoms with van der Waals surface area (Å²) >= 11 is 0. The van der Waals surface area contributed by atoms with E-state index < -0.39 is 5.97 Å². The zero-order valence-corrected chi connectivity index (χ0v) is 17.7. The largest absolute Gasteiger partial charge is 0.478 e. The average molecular weight is 405 g/mol. The van der Waals surface area contributed by atoms with Gasteiger partial charge in [0.15, 0.2) is 0 Å². The van der Waals surface area contributed by atoms with Crippen LogP contribution in [-0.2, 0) is 9.59 Å². The third kappa shape index (κ3) is 6.74. The van der Waals surface area contributed by atoms with E-state index in [0.29, 0.717) is 37.8 Å². The fourth-order valence-electron chi connectivity index (χ4n) is 3.03. The van der Waals surface area contributed by atoms with Crippen molar-refractivity contribution in [2.45, 2.75) is 27.7 Å². The summed E-state index contributed by atoms with van der Waals surface area (Å²) in [5.41, 5.74) is 1.18. The maximum absolute atomic E-state index is 12.0.